The van der Waals surface area contributed by atoms with Crippen LogP contribution in [0.25, 0.3) is 11.1 Å². The Kier molecular flexibility index (Phi) is 6.09. The molecule has 8 heteroatoms. The van der Waals surface area contributed by atoms with Crippen LogP contribution < -0.4 is 5.32 Å². The van der Waals surface area contributed by atoms with Crippen molar-refractivity contribution in [2.45, 2.75) is 58.8 Å². The lowest BCUT2D eigenvalue weighted by Gasteiger charge is -2.23. The number of thiophene rings is 1. The lowest BCUT2D eigenvalue weighted by Crippen LogP contribution is -2.41. The van der Waals surface area contributed by atoms with Gasteiger partial charge in [0, 0.05) is 10.4 Å². The summed E-state index contributed by atoms with van der Waals surface area (Å²) in [5.74, 6) is -3.64. The van der Waals surface area contributed by atoms with E-state index in [9.17, 15) is 19.5 Å². The maximum absolute atomic E-state index is 13.2. The van der Waals surface area contributed by atoms with Gasteiger partial charge in [-0.1, -0.05) is 29.8 Å². The summed E-state index contributed by atoms with van der Waals surface area (Å²) in [4.78, 5) is 38.9. The molecule has 0 radical (unpaired) electrons. The maximum atomic E-state index is 13.2. The number of ether oxygens (including phenoxy) is 2. The second kappa shape index (κ2) is 8.67. The number of nitrogens with one attached hydrogen (secondary N) is 1. The molecule has 2 bridgehead atoms. The third-order valence-electron chi connectivity index (χ3n) is 6.07. The Morgan fingerprint density at radius 3 is 2.31 bits per heavy atom. The molecule has 4 atom stereocenters. The number of rotatable bonds is 6. The fourth-order valence-corrected chi connectivity index (χ4v) is 5.76. The van der Waals surface area contributed by atoms with Crippen LogP contribution in [0.5, 0.6) is 0 Å². The number of fused-ring (bicyclic) bond motifs is 2. The topological polar surface area (TPSA) is 102 Å². The van der Waals surface area contributed by atoms with Gasteiger partial charge in [-0.25, -0.2) is 4.79 Å². The van der Waals surface area contributed by atoms with Gasteiger partial charge in [-0.2, -0.15) is 0 Å². The molecule has 2 saturated heterocycles. The minimum atomic E-state index is -1.03. The molecular weight excluding hydrogens is 430 g/mol. The number of esters is 1. The monoisotopic (exact) mass is 457 g/mol. The molecule has 7 nitrogen and oxygen atoms in total. The molecule has 2 N–H and O–H groups in total. The summed E-state index contributed by atoms with van der Waals surface area (Å²) in [5, 5.41) is 12.9. The van der Waals surface area contributed by atoms with Crippen molar-refractivity contribution < 1.29 is 29.0 Å². The highest BCUT2D eigenvalue weighted by molar-refractivity contribution is 7.17. The third kappa shape index (κ3) is 4.04. The van der Waals surface area contributed by atoms with Crippen molar-refractivity contribution in [2.75, 3.05) is 5.32 Å². The van der Waals surface area contributed by atoms with Crippen LogP contribution in [-0.2, 0) is 19.1 Å². The van der Waals surface area contributed by atoms with E-state index in [4.69, 9.17) is 9.47 Å². The first-order valence-corrected chi connectivity index (χ1v) is 11.6. The van der Waals surface area contributed by atoms with E-state index < -0.39 is 41.9 Å². The first kappa shape index (κ1) is 22.5. The number of amides is 1. The molecule has 1 amide bonds. The lowest BCUT2D eigenvalue weighted by molar-refractivity contribution is -0.147. The van der Waals surface area contributed by atoms with E-state index in [1.54, 1.807) is 13.8 Å². The molecule has 0 aliphatic carbocycles. The molecule has 2 aliphatic rings. The van der Waals surface area contributed by atoms with E-state index >= 15 is 0 Å². The number of benzene rings is 1. The molecule has 32 heavy (non-hydrogen) atoms. The smallest absolute Gasteiger partial charge is 0.342 e. The van der Waals surface area contributed by atoms with Gasteiger partial charge in [0.05, 0.1) is 30.1 Å². The fraction of sp³-hybridized carbons (Fsp3) is 0.458. The highest BCUT2D eigenvalue weighted by Crippen LogP contribution is 2.45. The van der Waals surface area contributed by atoms with Gasteiger partial charge in [0.1, 0.15) is 10.6 Å². The first-order chi connectivity index (χ1) is 15.2. The molecule has 2 aromatic rings. The van der Waals surface area contributed by atoms with E-state index in [0.717, 1.165) is 21.6 Å². The minimum absolute atomic E-state index is 0.300. The average Bonchev–Trinajstić information content (AvgIpc) is 3.41. The summed E-state index contributed by atoms with van der Waals surface area (Å²) in [6, 6.07) is 7.80. The van der Waals surface area contributed by atoms with Gasteiger partial charge in [-0.15, -0.1) is 11.3 Å². The van der Waals surface area contributed by atoms with Crippen molar-refractivity contribution in [3.8, 4) is 11.1 Å². The van der Waals surface area contributed by atoms with E-state index in [2.05, 4.69) is 5.32 Å². The molecule has 2 unspecified atom stereocenters. The second-order valence-corrected chi connectivity index (χ2v) is 9.95. The third-order valence-corrected chi connectivity index (χ3v) is 7.09. The summed E-state index contributed by atoms with van der Waals surface area (Å²) >= 11 is 1.29. The number of anilines is 1. The predicted octanol–water partition coefficient (Wildman–Crippen LogP) is 4.41. The number of aliphatic carboxylic acids is 1. The van der Waals surface area contributed by atoms with Crippen LogP contribution in [-0.4, -0.2) is 41.3 Å². The Hall–Kier alpha value is -2.71. The van der Waals surface area contributed by atoms with Gasteiger partial charge in [-0.3, -0.25) is 9.59 Å². The van der Waals surface area contributed by atoms with Crippen molar-refractivity contribution in [3.63, 3.8) is 0 Å². The van der Waals surface area contributed by atoms with Crippen LogP contribution in [0.1, 0.15) is 47.5 Å². The van der Waals surface area contributed by atoms with Gasteiger partial charge in [0.2, 0.25) is 5.91 Å². The number of carbonyl (C=O) groups is 3. The summed E-state index contributed by atoms with van der Waals surface area (Å²) < 4.78 is 11.2. The molecule has 1 aromatic carbocycles. The fourth-order valence-electron chi connectivity index (χ4n) is 4.69. The van der Waals surface area contributed by atoms with E-state index in [1.165, 1.54) is 11.3 Å². The zero-order chi connectivity index (χ0) is 23.2. The standard InChI is InChI=1S/C24H27NO6S/c1-11(2)30-24(29)20-17(14-7-5-12(3)6-8-14)13(4)32-22(20)25-21(26)18-15-9-10-16(31-15)19(18)23(27)28/h5-8,11,15-16,18-19H,9-10H2,1-4H3,(H,25,26)(H,27,28)/t15?,16?,18-,19+/m1/s1. The van der Waals surface area contributed by atoms with Crippen LogP contribution in [0.2, 0.25) is 0 Å². The summed E-state index contributed by atoms with van der Waals surface area (Å²) in [6.07, 6.45) is 0.129. The van der Waals surface area contributed by atoms with E-state index in [-0.39, 0.29) is 6.10 Å². The van der Waals surface area contributed by atoms with Gasteiger partial charge >= 0.3 is 11.9 Å². The number of carboxylic acids is 1. The van der Waals surface area contributed by atoms with Crippen LogP contribution in [0.15, 0.2) is 24.3 Å². The second-order valence-electron chi connectivity index (χ2n) is 8.73. The van der Waals surface area contributed by atoms with Crippen LogP contribution in [0.3, 0.4) is 0 Å². The number of carbonyl (C=O) groups excluding carboxylic acids is 2. The Balaban J connectivity index is 1.71. The Morgan fingerprint density at radius 2 is 1.72 bits per heavy atom. The highest BCUT2D eigenvalue weighted by atomic mass is 32.1. The molecule has 0 spiro atoms. The largest absolute Gasteiger partial charge is 0.481 e. The average molecular weight is 458 g/mol. The zero-order valence-corrected chi connectivity index (χ0v) is 19.3. The van der Waals surface area contributed by atoms with Gasteiger partial charge in [0.15, 0.2) is 0 Å². The minimum Gasteiger partial charge on any atom is -0.481 e. The SMILES string of the molecule is Cc1ccc(-c2c(C)sc(NC(=O)[C@@H]3C4CCC(O4)[C@@H]3C(=O)O)c2C(=O)OC(C)C)cc1. The van der Waals surface area contributed by atoms with Crippen molar-refractivity contribution in [2.24, 2.45) is 11.8 Å². The van der Waals surface area contributed by atoms with Crippen molar-refractivity contribution in [3.05, 3.63) is 40.3 Å². The number of carboxylic acid groups (broad SMARTS) is 1. The molecule has 4 rings (SSSR count). The highest BCUT2D eigenvalue weighted by Gasteiger charge is 2.55. The summed E-state index contributed by atoms with van der Waals surface area (Å²) in [6.45, 7) is 7.42. The predicted molar refractivity (Wildman–Crippen MR) is 121 cm³/mol. The quantitative estimate of drug-likeness (QED) is 0.623. The number of aryl methyl sites for hydroxylation is 2. The molecule has 170 valence electrons. The van der Waals surface area contributed by atoms with E-state index in [1.807, 2.05) is 38.1 Å². The van der Waals surface area contributed by atoms with Crippen molar-refractivity contribution in [1.82, 2.24) is 0 Å². The molecule has 2 aliphatic heterocycles. The van der Waals surface area contributed by atoms with Gasteiger partial charge in [-0.05, 0) is 46.1 Å². The molecular formula is C24H27NO6S. The van der Waals surface area contributed by atoms with Crippen LogP contribution in [0, 0.1) is 25.7 Å². The molecule has 0 saturated carbocycles. The normalized spacial score (nSPS) is 24.0. The van der Waals surface area contributed by atoms with Crippen LogP contribution in [0.4, 0.5) is 5.00 Å². The van der Waals surface area contributed by atoms with Crippen molar-refractivity contribution in [1.29, 1.82) is 0 Å². The van der Waals surface area contributed by atoms with Gasteiger partial charge in [0.25, 0.3) is 0 Å². The molecule has 1 aromatic heterocycles. The van der Waals surface area contributed by atoms with Crippen LogP contribution >= 0.6 is 11.3 Å². The number of hydrogen-bond acceptors (Lipinski definition) is 6. The Labute approximate surface area is 190 Å². The molecule has 3 heterocycles. The zero-order valence-electron chi connectivity index (χ0n) is 18.5. The molecule has 2 fully saturated rings. The first-order valence-electron chi connectivity index (χ1n) is 10.8. The van der Waals surface area contributed by atoms with Crippen molar-refractivity contribution >= 4 is 34.2 Å². The van der Waals surface area contributed by atoms with Gasteiger partial charge < -0.3 is 19.9 Å². The summed E-state index contributed by atoms with van der Waals surface area (Å²) in [7, 11) is 0. The Bertz CT molecular complexity index is 1060. The lowest BCUT2D eigenvalue weighted by atomic mass is 9.78. The maximum Gasteiger partial charge on any atom is 0.342 e. The van der Waals surface area contributed by atoms with E-state index in [0.29, 0.717) is 23.4 Å². The summed E-state index contributed by atoms with van der Waals surface area (Å²) in [5.41, 5.74) is 2.97. The number of hydrogen-bond donors (Lipinski definition) is 2. The Morgan fingerprint density at radius 1 is 1.09 bits per heavy atom.